The average Bonchev–Trinajstić information content (AvgIpc) is 2.16. The Labute approximate surface area is 93.7 Å². The lowest BCUT2D eigenvalue weighted by molar-refractivity contribution is -0.120. The standard InChI is InChI=1S/C12H15BrO/c1-3-11(9(2)14)8-10-4-6-12(13)7-5-10/h4-7,11H,3,8H2,1-2H3. The van der Waals surface area contributed by atoms with Crippen LogP contribution in [0.15, 0.2) is 28.7 Å². The van der Waals surface area contributed by atoms with Gasteiger partial charge in [0.25, 0.3) is 0 Å². The third kappa shape index (κ3) is 3.26. The predicted molar refractivity (Wildman–Crippen MR) is 62.3 cm³/mol. The summed E-state index contributed by atoms with van der Waals surface area (Å²) in [4.78, 5) is 11.2. The van der Waals surface area contributed by atoms with Crippen molar-refractivity contribution in [1.82, 2.24) is 0 Å². The molecule has 0 aromatic heterocycles. The number of ketones is 1. The van der Waals surface area contributed by atoms with E-state index in [0.717, 1.165) is 17.3 Å². The Morgan fingerprint density at radius 2 is 1.93 bits per heavy atom. The molecule has 0 bridgehead atoms. The second-order valence-electron chi connectivity index (χ2n) is 3.55. The maximum Gasteiger partial charge on any atom is 0.133 e. The number of hydrogen-bond donors (Lipinski definition) is 0. The zero-order valence-corrected chi connectivity index (χ0v) is 10.2. The first-order valence-electron chi connectivity index (χ1n) is 4.88. The maximum atomic E-state index is 11.2. The van der Waals surface area contributed by atoms with Gasteiger partial charge in [0.2, 0.25) is 0 Å². The van der Waals surface area contributed by atoms with Crippen LogP contribution in [0.5, 0.6) is 0 Å². The molecule has 0 radical (unpaired) electrons. The molecule has 1 atom stereocenters. The molecule has 0 spiro atoms. The van der Waals surface area contributed by atoms with E-state index >= 15 is 0 Å². The molecule has 1 aromatic carbocycles. The monoisotopic (exact) mass is 254 g/mol. The first-order chi connectivity index (χ1) is 6.63. The molecule has 1 nitrogen and oxygen atoms in total. The van der Waals surface area contributed by atoms with Crippen molar-refractivity contribution < 1.29 is 4.79 Å². The number of halogens is 1. The quantitative estimate of drug-likeness (QED) is 0.803. The molecule has 1 rings (SSSR count). The zero-order chi connectivity index (χ0) is 10.6. The molecule has 1 unspecified atom stereocenters. The van der Waals surface area contributed by atoms with Crippen molar-refractivity contribution in [3.05, 3.63) is 34.3 Å². The summed E-state index contributed by atoms with van der Waals surface area (Å²) in [5.74, 6) is 0.464. The van der Waals surface area contributed by atoms with E-state index in [-0.39, 0.29) is 11.7 Å². The minimum absolute atomic E-state index is 0.177. The van der Waals surface area contributed by atoms with E-state index in [0.29, 0.717) is 0 Å². The molecule has 76 valence electrons. The highest BCUT2D eigenvalue weighted by Crippen LogP contribution is 2.16. The highest BCUT2D eigenvalue weighted by molar-refractivity contribution is 9.10. The molecule has 1 aromatic rings. The van der Waals surface area contributed by atoms with Crippen LogP contribution in [0.1, 0.15) is 25.8 Å². The van der Waals surface area contributed by atoms with Gasteiger partial charge in [-0.05, 0) is 37.5 Å². The molecule has 0 aliphatic heterocycles. The molecule has 0 saturated carbocycles. The predicted octanol–water partition coefficient (Wildman–Crippen LogP) is 3.61. The van der Waals surface area contributed by atoms with E-state index in [1.54, 1.807) is 6.92 Å². The number of hydrogen-bond acceptors (Lipinski definition) is 1. The van der Waals surface area contributed by atoms with Crippen molar-refractivity contribution in [2.75, 3.05) is 0 Å². The summed E-state index contributed by atoms with van der Waals surface area (Å²) in [5, 5.41) is 0. The van der Waals surface area contributed by atoms with Gasteiger partial charge in [-0.15, -0.1) is 0 Å². The lowest BCUT2D eigenvalue weighted by Gasteiger charge is -2.10. The van der Waals surface area contributed by atoms with Gasteiger partial charge in [-0.2, -0.15) is 0 Å². The Bertz CT molecular complexity index is 303. The topological polar surface area (TPSA) is 17.1 Å². The second-order valence-corrected chi connectivity index (χ2v) is 4.46. The van der Waals surface area contributed by atoms with E-state index in [9.17, 15) is 4.79 Å². The van der Waals surface area contributed by atoms with Gasteiger partial charge in [0.15, 0.2) is 0 Å². The van der Waals surface area contributed by atoms with Gasteiger partial charge in [0.05, 0.1) is 0 Å². The molecule has 0 saturated heterocycles. The molecule has 14 heavy (non-hydrogen) atoms. The number of benzene rings is 1. The summed E-state index contributed by atoms with van der Waals surface area (Å²) in [7, 11) is 0. The van der Waals surface area contributed by atoms with Crippen LogP contribution in [0.2, 0.25) is 0 Å². The van der Waals surface area contributed by atoms with E-state index < -0.39 is 0 Å². The largest absolute Gasteiger partial charge is 0.300 e. The van der Waals surface area contributed by atoms with Crippen LogP contribution in [-0.2, 0) is 11.2 Å². The van der Waals surface area contributed by atoms with Crippen LogP contribution in [0.3, 0.4) is 0 Å². The Kier molecular flexibility index (Phi) is 4.33. The van der Waals surface area contributed by atoms with Crippen molar-refractivity contribution in [2.45, 2.75) is 26.7 Å². The molecular weight excluding hydrogens is 240 g/mol. The lowest BCUT2D eigenvalue weighted by Crippen LogP contribution is -2.12. The van der Waals surface area contributed by atoms with E-state index in [2.05, 4.69) is 35.0 Å². The summed E-state index contributed by atoms with van der Waals surface area (Å²) in [6, 6.07) is 8.16. The lowest BCUT2D eigenvalue weighted by atomic mass is 9.94. The molecular formula is C12H15BrO. The molecule has 0 aliphatic carbocycles. The van der Waals surface area contributed by atoms with Gasteiger partial charge in [0.1, 0.15) is 5.78 Å². The van der Waals surface area contributed by atoms with Crippen LogP contribution in [0.25, 0.3) is 0 Å². The first kappa shape index (κ1) is 11.4. The van der Waals surface area contributed by atoms with Crippen LogP contribution in [0, 0.1) is 5.92 Å². The minimum atomic E-state index is 0.177. The Morgan fingerprint density at radius 3 is 2.36 bits per heavy atom. The van der Waals surface area contributed by atoms with Crippen molar-refractivity contribution >= 4 is 21.7 Å². The van der Waals surface area contributed by atoms with Gasteiger partial charge < -0.3 is 0 Å². The fraction of sp³-hybridized carbons (Fsp3) is 0.417. The van der Waals surface area contributed by atoms with Gasteiger partial charge in [-0.1, -0.05) is 35.0 Å². The molecule has 0 fully saturated rings. The third-order valence-corrected chi connectivity index (χ3v) is 2.99. The fourth-order valence-electron chi connectivity index (χ4n) is 1.48. The second kappa shape index (κ2) is 5.30. The van der Waals surface area contributed by atoms with Crippen molar-refractivity contribution in [1.29, 1.82) is 0 Å². The highest BCUT2D eigenvalue weighted by Gasteiger charge is 2.11. The van der Waals surface area contributed by atoms with Gasteiger partial charge >= 0.3 is 0 Å². The SMILES string of the molecule is CCC(Cc1ccc(Br)cc1)C(C)=O. The maximum absolute atomic E-state index is 11.2. The van der Waals surface area contributed by atoms with Gasteiger partial charge in [0, 0.05) is 10.4 Å². The van der Waals surface area contributed by atoms with E-state index in [1.807, 2.05) is 12.1 Å². The summed E-state index contributed by atoms with van der Waals surface area (Å²) in [6.07, 6.45) is 1.78. The number of rotatable bonds is 4. The third-order valence-electron chi connectivity index (χ3n) is 2.46. The number of carbonyl (C=O) groups excluding carboxylic acids is 1. The average molecular weight is 255 g/mol. The highest BCUT2D eigenvalue weighted by atomic mass is 79.9. The summed E-state index contributed by atoms with van der Waals surface area (Å²) in [5.41, 5.74) is 1.23. The van der Waals surface area contributed by atoms with Crippen molar-refractivity contribution in [3.8, 4) is 0 Å². The Hall–Kier alpha value is -0.630. The number of carbonyl (C=O) groups is 1. The Morgan fingerprint density at radius 1 is 1.36 bits per heavy atom. The molecule has 0 heterocycles. The van der Waals surface area contributed by atoms with Crippen LogP contribution in [0.4, 0.5) is 0 Å². The van der Waals surface area contributed by atoms with Crippen LogP contribution >= 0.6 is 15.9 Å². The zero-order valence-electron chi connectivity index (χ0n) is 8.59. The molecule has 0 amide bonds. The molecule has 2 heteroatoms. The first-order valence-corrected chi connectivity index (χ1v) is 5.67. The van der Waals surface area contributed by atoms with Crippen LogP contribution in [-0.4, -0.2) is 5.78 Å². The summed E-state index contributed by atoms with van der Waals surface area (Å²) in [6.45, 7) is 3.73. The smallest absolute Gasteiger partial charge is 0.133 e. The normalized spacial score (nSPS) is 12.5. The van der Waals surface area contributed by atoms with E-state index in [1.165, 1.54) is 5.56 Å². The van der Waals surface area contributed by atoms with Gasteiger partial charge in [-0.25, -0.2) is 0 Å². The number of Topliss-reactive ketones (excluding diaryl/α,β-unsaturated/α-hetero) is 1. The summed E-state index contributed by atoms with van der Waals surface area (Å²) < 4.78 is 1.08. The van der Waals surface area contributed by atoms with Gasteiger partial charge in [-0.3, -0.25) is 4.79 Å². The molecule has 0 N–H and O–H groups in total. The van der Waals surface area contributed by atoms with Crippen molar-refractivity contribution in [3.63, 3.8) is 0 Å². The summed E-state index contributed by atoms with van der Waals surface area (Å²) >= 11 is 3.39. The molecule has 0 aliphatic rings. The minimum Gasteiger partial charge on any atom is -0.300 e. The van der Waals surface area contributed by atoms with E-state index in [4.69, 9.17) is 0 Å². The Balaban J connectivity index is 2.67. The fourth-order valence-corrected chi connectivity index (χ4v) is 1.74. The van der Waals surface area contributed by atoms with Crippen molar-refractivity contribution in [2.24, 2.45) is 5.92 Å². The van der Waals surface area contributed by atoms with Crippen LogP contribution < -0.4 is 0 Å².